The molecule has 76 valence electrons. The van der Waals surface area contributed by atoms with Crippen LogP contribution in [0.3, 0.4) is 0 Å². The van der Waals surface area contributed by atoms with Crippen LogP contribution in [0.2, 0.25) is 0 Å². The zero-order valence-corrected chi connectivity index (χ0v) is 7.98. The summed E-state index contributed by atoms with van der Waals surface area (Å²) in [6, 6.07) is 0. The monoisotopic (exact) mass is 197 g/mol. The molecular weight excluding hydrogens is 186 g/mol. The SMILES string of the molecule is COC(=O)CNC(=O)c1cn(C)cn1. The lowest BCUT2D eigenvalue weighted by atomic mass is 10.4. The Morgan fingerprint density at radius 2 is 2.36 bits per heavy atom. The molecule has 1 N–H and O–H groups in total. The molecule has 0 fully saturated rings. The van der Waals surface area contributed by atoms with Crippen molar-refractivity contribution in [2.45, 2.75) is 0 Å². The number of ether oxygens (including phenoxy) is 1. The highest BCUT2D eigenvalue weighted by atomic mass is 16.5. The maximum atomic E-state index is 11.3. The Labute approximate surface area is 80.9 Å². The fourth-order valence-electron chi connectivity index (χ4n) is 0.845. The number of esters is 1. The van der Waals surface area contributed by atoms with E-state index >= 15 is 0 Å². The number of carbonyl (C=O) groups is 2. The largest absolute Gasteiger partial charge is 0.468 e. The first-order chi connectivity index (χ1) is 6.63. The zero-order valence-electron chi connectivity index (χ0n) is 7.98. The molecule has 6 heteroatoms. The van der Waals surface area contributed by atoms with Gasteiger partial charge < -0.3 is 14.6 Å². The fourth-order valence-corrected chi connectivity index (χ4v) is 0.845. The minimum atomic E-state index is -0.491. The number of carbonyl (C=O) groups excluding carboxylic acids is 2. The molecule has 14 heavy (non-hydrogen) atoms. The standard InChI is InChI=1S/C8H11N3O3/c1-11-4-6(10-5-11)8(13)9-3-7(12)14-2/h4-5H,3H2,1-2H3,(H,9,13). The summed E-state index contributed by atoms with van der Waals surface area (Å²) in [6.45, 7) is -0.147. The highest BCUT2D eigenvalue weighted by Gasteiger charge is 2.09. The number of nitrogens with zero attached hydrogens (tertiary/aromatic N) is 2. The van der Waals surface area contributed by atoms with Gasteiger partial charge in [0.2, 0.25) is 0 Å². The number of hydrogen-bond acceptors (Lipinski definition) is 4. The quantitative estimate of drug-likeness (QED) is 0.652. The Morgan fingerprint density at radius 1 is 1.64 bits per heavy atom. The molecule has 1 heterocycles. The minimum Gasteiger partial charge on any atom is -0.468 e. The van der Waals surface area contributed by atoms with Crippen molar-refractivity contribution in [1.82, 2.24) is 14.9 Å². The highest BCUT2D eigenvalue weighted by molar-refractivity contribution is 5.93. The molecule has 0 aliphatic rings. The molecule has 6 nitrogen and oxygen atoms in total. The minimum absolute atomic E-state index is 0.147. The van der Waals surface area contributed by atoms with Crippen LogP contribution in [0, 0.1) is 0 Å². The summed E-state index contributed by atoms with van der Waals surface area (Å²) in [7, 11) is 3.01. The Balaban J connectivity index is 2.47. The van der Waals surface area contributed by atoms with Crippen LogP contribution in [-0.4, -0.2) is 35.1 Å². The molecule has 0 atom stereocenters. The lowest BCUT2D eigenvalue weighted by molar-refractivity contribution is -0.139. The van der Waals surface area contributed by atoms with E-state index in [4.69, 9.17) is 0 Å². The number of methoxy groups -OCH3 is 1. The smallest absolute Gasteiger partial charge is 0.325 e. The second-order valence-corrected chi connectivity index (χ2v) is 2.68. The van der Waals surface area contributed by atoms with E-state index in [0.717, 1.165) is 0 Å². The predicted octanol–water partition coefficient (Wildman–Crippen LogP) is -0.677. The van der Waals surface area contributed by atoms with E-state index in [-0.39, 0.29) is 12.2 Å². The number of imidazole rings is 1. The van der Waals surface area contributed by atoms with Crippen LogP contribution in [0.1, 0.15) is 10.5 Å². The number of amides is 1. The van der Waals surface area contributed by atoms with Gasteiger partial charge in [-0.25, -0.2) is 4.98 Å². The average molecular weight is 197 g/mol. The van der Waals surface area contributed by atoms with Crippen molar-refractivity contribution >= 4 is 11.9 Å². The molecule has 0 aliphatic heterocycles. The van der Waals surface area contributed by atoms with Crippen LogP contribution in [0.15, 0.2) is 12.5 Å². The van der Waals surface area contributed by atoms with E-state index in [2.05, 4.69) is 15.0 Å². The zero-order chi connectivity index (χ0) is 10.6. The first-order valence-electron chi connectivity index (χ1n) is 3.96. The van der Waals surface area contributed by atoms with Gasteiger partial charge in [-0.3, -0.25) is 9.59 Å². The summed E-state index contributed by atoms with van der Waals surface area (Å²) in [5.41, 5.74) is 0.274. The van der Waals surface area contributed by atoms with Crippen LogP contribution in [-0.2, 0) is 16.6 Å². The average Bonchev–Trinajstić information content (AvgIpc) is 2.60. The molecule has 1 aromatic heterocycles. The van der Waals surface area contributed by atoms with Crippen LogP contribution >= 0.6 is 0 Å². The van der Waals surface area contributed by atoms with Gasteiger partial charge in [0.25, 0.3) is 5.91 Å². The summed E-state index contributed by atoms with van der Waals surface area (Å²) in [6.07, 6.45) is 3.07. The van der Waals surface area contributed by atoms with E-state index < -0.39 is 11.9 Å². The summed E-state index contributed by atoms with van der Waals surface area (Å²) in [5.74, 6) is -0.884. The Morgan fingerprint density at radius 3 is 2.86 bits per heavy atom. The fraction of sp³-hybridized carbons (Fsp3) is 0.375. The van der Waals surface area contributed by atoms with Crippen molar-refractivity contribution in [2.24, 2.45) is 7.05 Å². The van der Waals surface area contributed by atoms with Gasteiger partial charge >= 0.3 is 5.97 Å². The molecule has 1 amide bonds. The van der Waals surface area contributed by atoms with Gasteiger partial charge in [0.1, 0.15) is 12.2 Å². The Kier molecular flexibility index (Phi) is 3.22. The van der Waals surface area contributed by atoms with E-state index in [1.165, 1.54) is 13.4 Å². The van der Waals surface area contributed by atoms with Crippen molar-refractivity contribution < 1.29 is 14.3 Å². The third-order valence-electron chi connectivity index (χ3n) is 1.56. The second kappa shape index (κ2) is 4.40. The summed E-state index contributed by atoms with van der Waals surface area (Å²) >= 11 is 0. The van der Waals surface area contributed by atoms with Crippen LogP contribution in [0.4, 0.5) is 0 Å². The molecule has 0 saturated heterocycles. The number of aromatic nitrogens is 2. The molecule has 0 spiro atoms. The first-order valence-corrected chi connectivity index (χ1v) is 3.96. The highest BCUT2D eigenvalue weighted by Crippen LogP contribution is 1.92. The molecule has 0 saturated carbocycles. The van der Waals surface area contributed by atoms with Gasteiger partial charge in [0, 0.05) is 13.2 Å². The molecule has 0 aliphatic carbocycles. The van der Waals surface area contributed by atoms with Gasteiger partial charge in [-0.05, 0) is 0 Å². The van der Waals surface area contributed by atoms with E-state index in [0.29, 0.717) is 0 Å². The lowest BCUT2D eigenvalue weighted by Gasteiger charge is -2.00. The van der Waals surface area contributed by atoms with Gasteiger partial charge in [-0.15, -0.1) is 0 Å². The topological polar surface area (TPSA) is 73.2 Å². The third-order valence-corrected chi connectivity index (χ3v) is 1.56. The number of aryl methyl sites for hydroxylation is 1. The van der Waals surface area contributed by atoms with Crippen molar-refractivity contribution in [3.05, 3.63) is 18.2 Å². The van der Waals surface area contributed by atoms with Crippen molar-refractivity contribution in [1.29, 1.82) is 0 Å². The van der Waals surface area contributed by atoms with Gasteiger partial charge in [0.05, 0.1) is 13.4 Å². The van der Waals surface area contributed by atoms with Crippen molar-refractivity contribution in [3.8, 4) is 0 Å². The predicted molar refractivity (Wildman–Crippen MR) is 47.6 cm³/mol. The summed E-state index contributed by atoms with van der Waals surface area (Å²) < 4.78 is 6.01. The summed E-state index contributed by atoms with van der Waals surface area (Å²) in [5, 5.41) is 2.37. The molecular formula is C8H11N3O3. The van der Waals surface area contributed by atoms with Gasteiger partial charge in [0.15, 0.2) is 0 Å². The molecule has 1 rings (SSSR count). The normalized spacial score (nSPS) is 9.57. The van der Waals surface area contributed by atoms with Gasteiger partial charge in [-0.1, -0.05) is 0 Å². The maximum absolute atomic E-state index is 11.3. The van der Waals surface area contributed by atoms with Crippen LogP contribution in [0.25, 0.3) is 0 Å². The van der Waals surface area contributed by atoms with E-state index in [9.17, 15) is 9.59 Å². The second-order valence-electron chi connectivity index (χ2n) is 2.68. The molecule has 0 aromatic carbocycles. The number of rotatable bonds is 3. The maximum Gasteiger partial charge on any atom is 0.325 e. The Bertz CT molecular complexity index is 345. The molecule has 1 aromatic rings. The van der Waals surface area contributed by atoms with Gasteiger partial charge in [-0.2, -0.15) is 0 Å². The lowest BCUT2D eigenvalue weighted by Crippen LogP contribution is -2.30. The third kappa shape index (κ3) is 2.58. The van der Waals surface area contributed by atoms with Crippen molar-refractivity contribution in [2.75, 3.05) is 13.7 Å². The van der Waals surface area contributed by atoms with Crippen molar-refractivity contribution in [3.63, 3.8) is 0 Å². The van der Waals surface area contributed by atoms with Crippen LogP contribution in [0.5, 0.6) is 0 Å². The van der Waals surface area contributed by atoms with Crippen LogP contribution < -0.4 is 5.32 Å². The number of nitrogens with one attached hydrogen (secondary N) is 1. The van der Waals surface area contributed by atoms with E-state index in [1.54, 1.807) is 17.8 Å². The van der Waals surface area contributed by atoms with E-state index in [1.807, 2.05) is 0 Å². The Hall–Kier alpha value is -1.85. The molecule has 0 radical (unpaired) electrons. The molecule has 0 unspecified atom stereocenters. The molecule has 0 bridgehead atoms. The summed E-state index contributed by atoms with van der Waals surface area (Å²) in [4.78, 5) is 25.8. The first kappa shape index (κ1) is 10.2. The number of hydrogen-bond donors (Lipinski definition) is 1.